The van der Waals surface area contributed by atoms with Crippen molar-refractivity contribution in [1.29, 1.82) is 0 Å². The van der Waals surface area contributed by atoms with Gasteiger partial charge in [-0.2, -0.15) is 0 Å². The highest BCUT2D eigenvalue weighted by atomic mass is 79.9. The first-order valence-corrected chi connectivity index (χ1v) is 12.2. The predicted molar refractivity (Wildman–Crippen MR) is 133 cm³/mol. The monoisotopic (exact) mass is 533 g/mol. The maximum absolute atomic E-state index is 13.6. The molecular weight excluding hydrogens is 502 g/mol. The summed E-state index contributed by atoms with van der Waals surface area (Å²) in [7, 11) is 5.26. The maximum Gasteiger partial charge on any atom is 0.259 e. The number of rotatable bonds is 9. The van der Waals surface area contributed by atoms with Gasteiger partial charge in [-0.05, 0) is 78.2 Å². The van der Waals surface area contributed by atoms with Gasteiger partial charge >= 0.3 is 0 Å². The molecule has 0 bridgehead atoms. The molecule has 1 amide bonds. The second kappa shape index (κ2) is 11.4. The van der Waals surface area contributed by atoms with Crippen molar-refractivity contribution >= 4 is 27.5 Å². The molecule has 1 fully saturated rings. The smallest absolute Gasteiger partial charge is 0.259 e. The molecule has 1 N–H and O–H groups in total. The lowest BCUT2D eigenvalue weighted by atomic mass is 10.0. The lowest BCUT2D eigenvalue weighted by Crippen LogP contribution is -2.36. The molecule has 8 nitrogen and oxygen atoms in total. The summed E-state index contributed by atoms with van der Waals surface area (Å²) in [5.41, 5.74) is 3.89. The van der Waals surface area contributed by atoms with Crippen molar-refractivity contribution in [2.45, 2.75) is 32.0 Å². The average molecular weight is 534 g/mol. The minimum atomic E-state index is -0.114. The number of methoxy groups -OCH3 is 2. The number of piperidine rings is 1. The van der Waals surface area contributed by atoms with Crippen LogP contribution in [0.15, 0.2) is 34.8 Å². The Balaban J connectivity index is 1.49. The molecule has 0 aliphatic carbocycles. The number of anilines is 1. The molecular formula is C25H32BrN3O5. The molecule has 2 aliphatic heterocycles. The van der Waals surface area contributed by atoms with Crippen molar-refractivity contribution in [3.63, 3.8) is 0 Å². The van der Waals surface area contributed by atoms with Gasteiger partial charge in [-0.1, -0.05) is 6.07 Å². The van der Waals surface area contributed by atoms with E-state index in [4.69, 9.17) is 18.9 Å². The number of likely N-dealkylation sites (tertiary alicyclic amines) is 1. The first-order chi connectivity index (χ1) is 16.5. The van der Waals surface area contributed by atoms with Gasteiger partial charge in [0.15, 0.2) is 13.6 Å². The number of carbonyl (C=O) groups excluding carboxylic acids is 1. The SMILES string of the molecule is COCOc1cc(Br)c(C(=O)N2Cc3ccc(NC4CCN(C)CC4)cc3C2)c(OCOC)c1. The van der Waals surface area contributed by atoms with Crippen molar-refractivity contribution in [3.05, 3.63) is 51.5 Å². The van der Waals surface area contributed by atoms with Gasteiger partial charge in [-0.25, -0.2) is 0 Å². The van der Waals surface area contributed by atoms with Gasteiger partial charge in [0.2, 0.25) is 0 Å². The Morgan fingerprint density at radius 2 is 1.74 bits per heavy atom. The third-order valence-electron chi connectivity index (χ3n) is 6.22. The summed E-state index contributed by atoms with van der Waals surface area (Å²) >= 11 is 3.53. The molecule has 0 saturated carbocycles. The van der Waals surface area contributed by atoms with Crippen molar-refractivity contribution in [2.24, 2.45) is 0 Å². The van der Waals surface area contributed by atoms with Crippen LogP contribution in [-0.4, -0.2) is 69.7 Å². The third-order valence-corrected chi connectivity index (χ3v) is 6.85. The Morgan fingerprint density at radius 3 is 2.47 bits per heavy atom. The topological polar surface area (TPSA) is 72.5 Å². The van der Waals surface area contributed by atoms with Crippen LogP contribution < -0.4 is 14.8 Å². The average Bonchev–Trinajstić information content (AvgIpc) is 3.26. The van der Waals surface area contributed by atoms with E-state index in [9.17, 15) is 4.79 Å². The van der Waals surface area contributed by atoms with Crippen molar-refractivity contribution in [1.82, 2.24) is 9.80 Å². The lowest BCUT2D eigenvalue weighted by molar-refractivity contribution is 0.0447. The zero-order valence-electron chi connectivity index (χ0n) is 19.9. The number of nitrogens with zero attached hydrogens (tertiary/aromatic N) is 2. The Bertz CT molecular complexity index is 1010. The largest absolute Gasteiger partial charge is 0.467 e. The Kier molecular flexibility index (Phi) is 8.31. The van der Waals surface area contributed by atoms with Crippen LogP contribution >= 0.6 is 15.9 Å². The number of halogens is 1. The molecule has 4 rings (SSSR count). The number of amides is 1. The summed E-state index contributed by atoms with van der Waals surface area (Å²) in [6.07, 6.45) is 2.28. The maximum atomic E-state index is 13.6. The minimum absolute atomic E-state index is 0.0205. The summed E-state index contributed by atoms with van der Waals surface area (Å²) in [6, 6.07) is 10.3. The summed E-state index contributed by atoms with van der Waals surface area (Å²) in [5.74, 6) is 0.816. The van der Waals surface area contributed by atoms with E-state index in [-0.39, 0.29) is 19.5 Å². The fraction of sp³-hybridized carbons (Fsp3) is 0.480. The number of benzene rings is 2. The van der Waals surface area contributed by atoms with Gasteiger partial charge in [0, 0.05) is 49.6 Å². The van der Waals surface area contributed by atoms with E-state index in [1.807, 2.05) is 4.90 Å². The molecule has 2 aliphatic rings. The molecule has 34 heavy (non-hydrogen) atoms. The van der Waals surface area contributed by atoms with E-state index in [0.29, 0.717) is 40.7 Å². The van der Waals surface area contributed by atoms with E-state index in [1.165, 1.54) is 12.7 Å². The highest BCUT2D eigenvalue weighted by molar-refractivity contribution is 9.10. The second-order valence-corrected chi connectivity index (χ2v) is 9.60. The Morgan fingerprint density at radius 1 is 1.03 bits per heavy atom. The van der Waals surface area contributed by atoms with Crippen LogP contribution in [0, 0.1) is 0 Å². The summed E-state index contributed by atoms with van der Waals surface area (Å²) in [4.78, 5) is 17.8. The summed E-state index contributed by atoms with van der Waals surface area (Å²) < 4.78 is 21.9. The zero-order valence-corrected chi connectivity index (χ0v) is 21.5. The summed E-state index contributed by atoms with van der Waals surface area (Å²) in [5, 5.41) is 3.68. The third kappa shape index (κ3) is 5.83. The molecule has 2 heterocycles. The summed E-state index contributed by atoms with van der Waals surface area (Å²) in [6.45, 7) is 3.45. The molecule has 1 saturated heterocycles. The van der Waals surface area contributed by atoms with Gasteiger partial charge in [0.1, 0.15) is 11.5 Å². The van der Waals surface area contributed by atoms with E-state index in [1.54, 1.807) is 19.2 Å². The van der Waals surface area contributed by atoms with Crippen molar-refractivity contribution < 1.29 is 23.7 Å². The standard InChI is InChI=1S/C25H32BrN3O5/c1-28-8-6-19(7-9-28)27-20-5-4-17-13-29(14-18(17)10-20)25(30)24-22(26)11-21(33-15-31-2)12-23(24)34-16-32-3/h4-5,10-12,19,27H,6-9,13-16H2,1-3H3. The molecule has 2 aromatic carbocycles. The minimum Gasteiger partial charge on any atom is -0.467 e. The molecule has 0 unspecified atom stereocenters. The fourth-order valence-corrected chi connectivity index (χ4v) is 4.98. The molecule has 0 spiro atoms. The lowest BCUT2D eigenvalue weighted by Gasteiger charge is -2.30. The molecule has 0 atom stereocenters. The zero-order chi connectivity index (χ0) is 24.1. The van der Waals surface area contributed by atoms with Gasteiger partial charge in [-0.15, -0.1) is 0 Å². The number of ether oxygens (including phenoxy) is 4. The molecule has 2 aromatic rings. The number of fused-ring (bicyclic) bond motifs is 1. The van der Waals surface area contributed by atoms with Crippen LogP contribution in [-0.2, 0) is 22.6 Å². The number of carbonyl (C=O) groups is 1. The van der Waals surface area contributed by atoms with Crippen LogP contribution in [0.1, 0.15) is 34.3 Å². The van der Waals surface area contributed by atoms with E-state index >= 15 is 0 Å². The predicted octanol–water partition coefficient (Wildman–Crippen LogP) is 4.08. The van der Waals surface area contributed by atoms with Gasteiger partial charge in [0.25, 0.3) is 5.91 Å². The fourth-order valence-electron chi connectivity index (χ4n) is 4.39. The second-order valence-electron chi connectivity index (χ2n) is 8.75. The van der Waals surface area contributed by atoms with Crippen LogP contribution in [0.5, 0.6) is 11.5 Å². The van der Waals surface area contributed by atoms with Gasteiger partial charge in [-0.3, -0.25) is 4.79 Å². The Labute approximate surface area is 209 Å². The van der Waals surface area contributed by atoms with Gasteiger partial charge in [0.05, 0.1) is 5.56 Å². The van der Waals surface area contributed by atoms with Crippen LogP contribution in [0.25, 0.3) is 0 Å². The first-order valence-electron chi connectivity index (χ1n) is 11.4. The van der Waals surface area contributed by atoms with Crippen molar-refractivity contribution in [3.8, 4) is 11.5 Å². The van der Waals surface area contributed by atoms with E-state index < -0.39 is 0 Å². The number of hydrogen-bond donors (Lipinski definition) is 1. The molecule has 0 radical (unpaired) electrons. The van der Waals surface area contributed by atoms with Crippen LogP contribution in [0.3, 0.4) is 0 Å². The highest BCUT2D eigenvalue weighted by Crippen LogP contribution is 2.36. The van der Waals surface area contributed by atoms with E-state index in [0.717, 1.165) is 37.2 Å². The molecule has 184 valence electrons. The van der Waals surface area contributed by atoms with Gasteiger partial charge < -0.3 is 34.1 Å². The molecule has 0 aromatic heterocycles. The Hall–Kier alpha value is -2.33. The molecule has 9 heteroatoms. The number of hydrogen-bond acceptors (Lipinski definition) is 7. The van der Waals surface area contributed by atoms with E-state index in [2.05, 4.69) is 51.4 Å². The van der Waals surface area contributed by atoms with Crippen LogP contribution in [0.4, 0.5) is 5.69 Å². The number of nitrogens with one attached hydrogen (secondary N) is 1. The van der Waals surface area contributed by atoms with Crippen LogP contribution in [0.2, 0.25) is 0 Å². The highest BCUT2D eigenvalue weighted by Gasteiger charge is 2.29. The normalized spacial score (nSPS) is 16.4. The van der Waals surface area contributed by atoms with Crippen molar-refractivity contribution in [2.75, 3.05) is 53.3 Å². The quantitative estimate of drug-likeness (QED) is 0.487. The first kappa shape index (κ1) is 24.8.